The Morgan fingerprint density at radius 3 is 2.54 bits per heavy atom. The minimum absolute atomic E-state index is 0.0404. The molecule has 2 fully saturated rings. The third-order valence-electron chi connectivity index (χ3n) is 5.45. The van der Waals surface area contributed by atoms with E-state index in [1.807, 2.05) is 34.9 Å². The smallest absolute Gasteiger partial charge is 0.225 e. The van der Waals surface area contributed by atoms with Gasteiger partial charge in [0.15, 0.2) is 0 Å². The van der Waals surface area contributed by atoms with Gasteiger partial charge in [-0.2, -0.15) is 0 Å². The van der Waals surface area contributed by atoms with E-state index in [-0.39, 0.29) is 17.7 Å². The number of rotatable bonds is 6. The number of morpholine rings is 1. The van der Waals surface area contributed by atoms with Crippen molar-refractivity contribution in [3.8, 4) is 5.75 Å². The quantitative estimate of drug-likeness (QED) is 0.679. The summed E-state index contributed by atoms with van der Waals surface area (Å²) >= 11 is 6.01. The van der Waals surface area contributed by atoms with Crippen molar-refractivity contribution in [2.75, 3.05) is 46.0 Å². The first-order valence-electron chi connectivity index (χ1n) is 10.1. The summed E-state index contributed by atoms with van der Waals surface area (Å²) < 4.78 is 11.0. The Kier molecular flexibility index (Phi) is 7.57. The number of nitrogens with zero attached hydrogens (tertiary/aromatic N) is 2. The molecule has 2 aliphatic rings. The molecule has 0 unspecified atom stereocenters. The van der Waals surface area contributed by atoms with E-state index < -0.39 is 0 Å². The third-order valence-corrected chi connectivity index (χ3v) is 5.88. The Bertz CT molecular complexity index is 683. The van der Waals surface area contributed by atoms with Crippen LogP contribution in [0, 0.1) is 12.8 Å². The Morgan fingerprint density at radius 2 is 1.86 bits per heavy atom. The van der Waals surface area contributed by atoms with Crippen molar-refractivity contribution in [1.29, 1.82) is 0 Å². The van der Waals surface area contributed by atoms with Gasteiger partial charge in [0.05, 0.1) is 19.8 Å². The Labute approximate surface area is 171 Å². The number of likely N-dealkylation sites (tertiary alicyclic amines) is 1. The fourth-order valence-electron chi connectivity index (χ4n) is 3.70. The van der Waals surface area contributed by atoms with Crippen LogP contribution in [0.5, 0.6) is 5.75 Å². The third kappa shape index (κ3) is 5.61. The fraction of sp³-hybridized carbons (Fsp3) is 0.619. The number of carbonyl (C=O) groups excluding carboxylic acids is 2. The van der Waals surface area contributed by atoms with E-state index in [2.05, 4.69) is 0 Å². The molecule has 1 aromatic carbocycles. The summed E-state index contributed by atoms with van der Waals surface area (Å²) in [7, 11) is 0. The lowest BCUT2D eigenvalue weighted by Gasteiger charge is -2.35. The molecule has 28 heavy (non-hydrogen) atoms. The lowest BCUT2D eigenvalue weighted by atomic mass is 9.95. The van der Waals surface area contributed by atoms with E-state index in [0.717, 1.165) is 29.2 Å². The molecule has 1 aromatic rings. The van der Waals surface area contributed by atoms with Gasteiger partial charge in [0.1, 0.15) is 5.75 Å². The van der Waals surface area contributed by atoms with E-state index in [0.29, 0.717) is 58.8 Å². The largest absolute Gasteiger partial charge is 0.494 e. The van der Waals surface area contributed by atoms with Gasteiger partial charge >= 0.3 is 0 Å². The number of halogens is 1. The molecule has 0 radical (unpaired) electrons. The van der Waals surface area contributed by atoms with Gasteiger partial charge in [0.2, 0.25) is 11.8 Å². The molecule has 6 nitrogen and oxygen atoms in total. The van der Waals surface area contributed by atoms with Crippen LogP contribution in [0.1, 0.15) is 31.2 Å². The number of aryl methyl sites for hydroxylation is 1. The molecule has 154 valence electrons. The molecule has 0 aromatic heterocycles. The van der Waals surface area contributed by atoms with Crippen LogP contribution in [0.2, 0.25) is 5.02 Å². The van der Waals surface area contributed by atoms with Crippen LogP contribution in [0.4, 0.5) is 0 Å². The number of amides is 2. The number of carbonyl (C=O) groups is 2. The Morgan fingerprint density at radius 1 is 1.14 bits per heavy atom. The monoisotopic (exact) mass is 408 g/mol. The van der Waals surface area contributed by atoms with Crippen LogP contribution in [0.25, 0.3) is 0 Å². The van der Waals surface area contributed by atoms with E-state index in [1.165, 1.54) is 0 Å². The number of benzene rings is 1. The lowest BCUT2D eigenvalue weighted by Crippen LogP contribution is -2.47. The van der Waals surface area contributed by atoms with Crippen LogP contribution in [0.3, 0.4) is 0 Å². The molecule has 0 aliphatic carbocycles. The molecular formula is C21H29ClN2O4. The molecule has 2 saturated heterocycles. The predicted octanol–water partition coefficient (Wildman–Crippen LogP) is 2.90. The number of hydrogen-bond donors (Lipinski definition) is 0. The van der Waals surface area contributed by atoms with Crippen molar-refractivity contribution in [2.45, 2.75) is 32.6 Å². The van der Waals surface area contributed by atoms with E-state index >= 15 is 0 Å². The molecule has 7 heteroatoms. The van der Waals surface area contributed by atoms with Crippen LogP contribution in [0.15, 0.2) is 18.2 Å². The van der Waals surface area contributed by atoms with E-state index in [1.54, 1.807) is 0 Å². The zero-order valence-electron chi connectivity index (χ0n) is 16.5. The maximum absolute atomic E-state index is 12.6. The summed E-state index contributed by atoms with van der Waals surface area (Å²) in [6.07, 6.45) is 2.65. The van der Waals surface area contributed by atoms with Gasteiger partial charge in [-0.15, -0.1) is 0 Å². The highest BCUT2D eigenvalue weighted by Crippen LogP contribution is 2.22. The summed E-state index contributed by atoms with van der Waals surface area (Å²) in [5.74, 6) is 1.19. The minimum atomic E-state index is 0.0404. The highest BCUT2D eigenvalue weighted by molar-refractivity contribution is 6.31. The molecular weight excluding hydrogens is 380 g/mol. The summed E-state index contributed by atoms with van der Waals surface area (Å²) in [5, 5.41) is 0.720. The highest BCUT2D eigenvalue weighted by atomic mass is 35.5. The maximum Gasteiger partial charge on any atom is 0.225 e. The lowest BCUT2D eigenvalue weighted by molar-refractivity contribution is -0.143. The van der Waals surface area contributed by atoms with Gasteiger partial charge in [0.25, 0.3) is 0 Å². The van der Waals surface area contributed by atoms with E-state index in [4.69, 9.17) is 21.1 Å². The molecule has 0 N–H and O–H groups in total. The van der Waals surface area contributed by atoms with Crippen molar-refractivity contribution in [2.24, 2.45) is 5.92 Å². The summed E-state index contributed by atoms with van der Waals surface area (Å²) in [6, 6.07) is 5.56. The molecule has 0 spiro atoms. The molecule has 0 bridgehead atoms. The van der Waals surface area contributed by atoms with Crippen LogP contribution >= 0.6 is 11.6 Å². The molecule has 0 atom stereocenters. The maximum atomic E-state index is 12.6. The first-order chi connectivity index (χ1) is 13.5. The van der Waals surface area contributed by atoms with Gasteiger partial charge in [-0.25, -0.2) is 0 Å². The summed E-state index contributed by atoms with van der Waals surface area (Å²) in [4.78, 5) is 28.8. The highest BCUT2D eigenvalue weighted by Gasteiger charge is 2.30. The first kappa shape index (κ1) is 20.9. The topological polar surface area (TPSA) is 59.1 Å². The summed E-state index contributed by atoms with van der Waals surface area (Å²) in [5.41, 5.74) is 0.977. The normalized spacial score (nSPS) is 18.2. The number of ether oxygens (including phenoxy) is 2. The zero-order chi connectivity index (χ0) is 19.9. The van der Waals surface area contributed by atoms with Crippen molar-refractivity contribution in [1.82, 2.24) is 9.80 Å². The van der Waals surface area contributed by atoms with Crippen LogP contribution in [-0.4, -0.2) is 67.6 Å². The van der Waals surface area contributed by atoms with Crippen molar-refractivity contribution < 1.29 is 19.1 Å². The average molecular weight is 409 g/mol. The molecule has 0 saturated carbocycles. The molecule has 2 heterocycles. The van der Waals surface area contributed by atoms with Gasteiger partial charge in [-0.1, -0.05) is 11.6 Å². The van der Waals surface area contributed by atoms with Gasteiger partial charge < -0.3 is 19.3 Å². The second kappa shape index (κ2) is 10.1. The van der Waals surface area contributed by atoms with Gasteiger partial charge in [-0.05, 0) is 49.9 Å². The molecule has 2 aliphatic heterocycles. The van der Waals surface area contributed by atoms with Gasteiger partial charge in [-0.3, -0.25) is 9.59 Å². The van der Waals surface area contributed by atoms with Crippen molar-refractivity contribution in [3.05, 3.63) is 28.8 Å². The molecule has 3 rings (SSSR count). The average Bonchev–Trinajstić information content (AvgIpc) is 2.73. The summed E-state index contributed by atoms with van der Waals surface area (Å²) in [6.45, 7) is 6.39. The number of piperidine rings is 1. The second-order valence-corrected chi connectivity index (χ2v) is 7.86. The molecule has 2 amide bonds. The van der Waals surface area contributed by atoms with Crippen LogP contribution in [-0.2, 0) is 14.3 Å². The minimum Gasteiger partial charge on any atom is -0.494 e. The van der Waals surface area contributed by atoms with E-state index in [9.17, 15) is 9.59 Å². The fourth-order valence-corrected chi connectivity index (χ4v) is 3.81. The Hall–Kier alpha value is -1.79. The predicted molar refractivity (Wildman–Crippen MR) is 108 cm³/mol. The SMILES string of the molecule is Cc1cc(OCCCC(=O)N2CCC(C(=O)N3CCOCC3)CC2)ccc1Cl. The first-order valence-corrected chi connectivity index (χ1v) is 10.5. The van der Waals surface area contributed by atoms with Crippen LogP contribution < -0.4 is 4.74 Å². The van der Waals surface area contributed by atoms with Gasteiger partial charge in [0, 0.05) is 43.5 Å². The number of hydrogen-bond acceptors (Lipinski definition) is 4. The standard InChI is InChI=1S/C21H29ClN2O4/c1-16-15-18(4-5-19(16)22)28-12-2-3-20(25)23-8-6-17(7-9-23)21(26)24-10-13-27-14-11-24/h4-5,15,17H,2-3,6-14H2,1H3. The Balaban J connectivity index is 1.34. The second-order valence-electron chi connectivity index (χ2n) is 7.46. The van der Waals surface area contributed by atoms with Crippen molar-refractivity contribution >= 4 is 23.4 Å². The van der Waals surface area contributed by atoms with Crippen molar-refractivity contribution in [3.63, 3.8) is 0 Å². The zero-order valence-corrected chi connectivity index (χ0v) is 17.2.